The van der Waals surface area contributed by atoms with Crippen LogP contribution in [0.4, 0.5) is 4.79 Å². The summed E-state index contributed by atoms with van der Waals surface area (Å²) in [7, 11) is 0. The number of carbonyl (C=O) groups excluding carboxylic acids is 1. The lowest BCUT2D eigenvalue weighted by molar-refractivity contribution is 0.0487. The molecule has 0 aromatic rings. The van der Waals surface area contributed by atoms with E-state index in [0.717, 1.165) is 13.1 Å². The number of carbonyl (C=O) groups is 1. The van der Waals surface area contributed by atoms with Gasteiger partial charge in [0.2, 0.25) is 0 Å². The number of amides is 1. The first-order valence-electron chi connectivity index (χ1n) is 6.09. The summed E-state index contributed by atoms with van der Waals surface area (Å²) >= 11 is 0. The summed E-state index contributed by atoms with van der Waals surface area (Å²) in [6, 6.07) is 0.169. The lowest BCUT2D eigenvalue weighted by atomic mass is 9.93. The molecule has 1 saturated heterocycles. The van der Waals surface area contributed by atoms with E-state index < -0.39 is 5.60 Å². The van der Waals surface area contributed by atoms with Crippen LogP contribution in [0, 0.1) is 5.92 Å². The summed E-state index contributed by atoms with van der Waals surface area (Å²) in [6.07, 6.45) is 2.04. The minimum absolute atomic E-state index is 0.169. The maximum absolute atomic E-state index is 11.6. The van der Waals surface area contributed by atoms with Crippen molar-refractivity contribution >= 4 is 6.09 Å². The summed E-state index contributed by atoms with van der Waals surface area (Å²) in [5, 5.41) is 6.25. The third-order valence-corrected chi connectivity index (χ3v) is 2.79. The largest absolute Gasteiger partial charge is 0.444 e. The molecule has 4 nitrogen and oxygen atoms in total. The fourth-order valence-electron chi connectivity index (χ4n) is 1.92. The lowest BCUT2D eigenvalue weighted by Gasteiger charge is -2.29. The van der Waals surface area contributed by atoms with Gasteiger partial charge in [-0.1, -0.05) is 0 Å². The average Bonchev–Trinajstić information content (AvgIpc) is 2.16. The Morgan fingerprint density at radius 1 is 1.50 bits per heavy atom. The standard InChI is InChI=1S/C12H24N2O2/c1-9(10-6-5-7-13-8-10)14-11(15)16-12(2,3)4/h9-10,13H,5-8H2,1-4H3,(H,14,15)/t9-,10-/m1/s1. The monoisotopic (exact) mass is 228 g/mol. The van der Waals surface area contributed by atoms with E-state index in [0.29, 0.717) is 5.92 Å². The molecule has 0 unspecified atom stereocenters. The minimum atomic E-state index is -0.422. The molecule has 1 fully saturated rings. The number of ether oxygens (including phenoxy) is 1. The Morgan fingerprint density at radius 3 is 2.69 bits per heavy atom. The van der Waals surface area contributed by atoms with Crippen molar-refractivity contribution in [3.63, 3.8) is 0 Å². The molecule has 2 atom stereocenters. The van der Waals surface area contributed by atoms with Gasteiger partial charge in [-0.05, 0) is 59.5 Å². The summed E-state index contributed by atoms with van der Waals surface area (Å²) < 4.78 is 5.23. The normalized spacial score (nSPS) is 23.6. The van der Waals surface area contributed by atoms with Crippen molar-refractivity contribution in [1.29, 1.82) is 0 Å². The van der Waals surface area contributed by atoms with Gasteiger partial charge in [-0.3, -0.25) is 0 Å². The minimum Gasteiger partial charge on any atom is -0.444 e. The van der Waals surface area contributed by atoms with Crippen molar-refractivity contribution in [2.24, 2.45) is 5.92 Å². The first-order chi connectivity index (χ1) is 7.38. The van der Waals surface area contributed by atoms with Gasteiger partial charge in [-0.25, -0.2) is 4.79 Å². The van der Waals surface area contributed by atoms with Gasteiger partial charge in [-0.2, -0.15) is 0 Å². The smallest absolute Gasteiger partial charge is 0.407 e. The molecule has 1 heterocycles. The Labute approximate surface area is 98.1 Å². The molecule has 0 aromatic heterocycles. The number of hydrogen-bond donors (Lipinski definition) is 2. The Hall–Kier alpha value is -0.770. The highest BCUT2D eigenvalue weighted by Gasteiger charge is 2.23. The Morgan fingerprint density at radius 2 is 2.19 bits per heavy atom. The van der Waals surface area contributed by atoms with Crippen LogP contribution in [-0.2, 0) is 4.74 Å². The molecule has 0 aromatic carbocycles. The van der Waals surface area contributed by atoms with E-state index in [1.54, 1.807) is 0 Å². The van der Waals surface area contributed by atoms with Crippen molar-refractivity contribution in [2.45, 2.75) is 52.2 Å². The van der Waals surface area contributed by atoms with Crippen molar-refractivity contribution in [3.05, 3.63) is 0 Å². The second kappa shape index (κ2) is 5.53. The van der Waals surface area contributed by atoms with E-state index in [2.05, 4.69) is 10.6 Å². The Kier molecular flexibility index (Phi) is 4.59. The molecule has 4 heteroatoms. The van der Waals surface area contributed by atoms with Gasteiger partial charge in [0, 0.05) is 6.04 Å². The highest BCUT2D eigenvalue weighted by atomic mass is 16.6. The Bertz CT molecular complexity index is 230. The van der Waals surface area contributed by atoms with Crippen LogP contribution >= 0.6 is 0 Å². The van der Waals surface area contributed by atoms with Crippen LogP contribution in [0.5, 0.6) is 0 Å². The topological polar surface area (TPSA) is 50.4 Å². The van der Waals surface area contributed by atoms with Crippen molar-refractivity contribution in [3.8, 4) is 0 Å². The molecule has 0 radical (unpaired) electrons. The van der Waals surface area contributed by atoms with E-state index in [1.165, 1.54) is 12.8 Å². The van der Waals surface area contributed by atoms with Crippen LogP contribution < -0.4 is 10.6 Å². The molecule has 1 rings (SSSR count). The zero-order valence-corrected chi connectivity index (χ0v) is 10.8. The number of rotatable bonds is 2. The maximum atomic E-state index is 11.6. The average molecular weight is 228 g/mol. The van der Waals surface area contributed by atoms with Crippen LogP contribution in [0.3, 0.4) is 0 Å². The summed E-state index contributed by atoms with van der Waals surface area (Å²) in [6.45, 7) is 9.74. The van der Waals surface area contributed by atoms with Crippen molar-refractivity contribution < 1.29 is 9.53 Å². The first kappa shape index (κ1) is 13.3. The van der Waals surface area contributed by atoms with Crippen LogP contribution in [-0.4, -0.2) is 30.8 Å². The van der Waals surface area contributed by atoms with Gasteiger partial charge in [0.1, 0.15) is 5.60 Å². The summed E-state index contributed by atoms with van der Waals surface area (Å²) in [4.78, 5) is 11.6. The van der Waals surface area contributed by atoms with Crippen molar-refractivity contribution in [1.82, 2.24) is 10.6 Å². The zero-order chi connectivity index (χ0) is 12.2. The molecule has 0 aliphatic carbocycles. The van der Waals surface area contributed by atoms with Gasteiger partial charge in [-0.15, -0.1) is 0 Å². The van der Waals surface area contributed by atoms with Gasteiger partial charge in [0.15, 0.2) is 0 Å². The molecule has 0 bridgehead atoms. The molecule has 16 heavy (non-hydrogen) atoms. The van der Waals surface area contributed by atoms with Gasteiger partial charge in [0.05, 0.1) is 0 Å². The van der Waals surface area contributed by atoms with E-state index in [9.17, 15) is 4.79 Å². The van der Waals surface area contributed by atoms with E-state index >= 15 is 0 Å². The van der Waals surface area contributed by atoms with E-state index in [1.807, 2.05) is 27.7 Å². The molecule has 1 aliphatic heterocycles. The fourth-order valence-corrected chi connectivity index (χ4v) is 1.92. The van der Waals surface area contributed by atoms with E-state index in [4.69, 9.17) is 4.74 Å². The first-order valence-corrected chi connectivity index (χ1v) is 6.09. The molecule has 0 saturated carbocycles. The lowest BCUT2D eigenvalue weighted by Crippen LogP contribution is -2.46. The summed E-state index contributed by atoms with van der Waals surface area (Å²) in [5.41, 5.74) is -0.422. The molecular weight excluding hydrogens is 204 g/mol. The number of piperidine rings is 1. The quantitative estimate of drug-likeness (QED) is 0.759. The zero-order valence-electron chi connectivity index (χ0n) is 10.8. The van der Waals surface area contributed by atoms with Gasteiger partial charge in [0.25, 0.3) is 0 Å². The van der Waals surface area contributed by atoms with Gasteiger partial charge >= 0.3 is 6.09 Å². The second-order valence-corrected chi connectivity index (χ2v) is 5.54. The molecule has 2 N–H and O–H groups in total. The highest BCUT2D eigenvalue weighted by molar-refractivity contribution is 5.68. The predicted molar refractivity (Wildman–Crippen MR) is 64.4 cm³/mol. The van der Waals surface area contributed by atoms with Crippen LogP contribution in [0.15, 0.2) is 0 Å². The molecule has 1 amide bonds. The third kappa shape index (κ3) is 4.84. The fraction of sp³-hybridized carbons (Fsp3) is 0.917. The van der Waals surface area contributed by atoms with Crippen LogP contribution in [0.25, 0.3) is 0 Å². The number of nitrogens with one attached hydrogen (secondary N) is 2. The second-order valence-electron chi connectivity index (χ2n) is 5.54. The van der Waals surface area contributed by atoms with Crippen molar-refractivity contribution in [2.75, 3.05) is 13.1 Å². The number of hydrogen-bond acceptors (Lipinski definition) is 3. The molecule has 0 spiro atoms. The highest BCUT2D eigenvalue weighted by Crippen LogP contribution is 2.15. The molecule has 94 valence electrons. The maximum Gasteiger partial charge on any atom is 0.407 e. The van der Waals surface area contributed by atoms with Crippen LogP contribution in [0.1, 0.15) is 40.5 Å². The van der Waals surface area contributed by atoms with Crippen LogP contribution in [0.2, 0.25) is 0 Å². The number of alkyl carbamates (subject to hydrolysis) is 1. The molecule has 1 aliphatic rings. The SMILES string of the molecule is C[C@@H](NC(=O)OC(C)(C)C)[C@@H]1CCCNC1. The van der Waals surface area contributed by atoms with Gasteiger partial charge < -0.3 is 15.4 Å². The van der Waals surface area contributed by atoms with E-state index in [-0.39, 0.29) is 12.1 Å². The summed E-state index contributed by atoms with van der Waals surface area (Å²) in [5.74, 6) is 0.515. The molecular formula is C12H24N2O2. The third-order valence-electron chi connectivity index (χ3n) is 2.79. The Balaban J connectivity index is 2.32. The predicted octanol–water partition coefficient (Wildman–Crippen LogP) is 1.90.